The van der Waals surface area contributed by atoms with Crippen LogP contribution in [-0.4, -0.2) is 0 Å². The van der Waals surface area contributed by atoms with Gasteiger partial charge in [-0.25, -0.2) is 0 Å². The van der Waals surface area contributed by atoms with Gasteiger partial charge in [-0.2, -0.15) is 0 Å². The number of rotatable bonds is 24. The van der Waals surface area contributed by atoms with Gasteiger partial charge in [-0.05, 0) is 76.9 Å². The Morgan fingerprint density at radius 3 is 0.918 bits per heavy atom. The molecule has 0 heterocycles. The van der Waals surface area contributed by atoms with E-state index in [0.717, 1.165) is 17.8 Å². The summed E-state index contributed by atoms with van der Waals surface area (Å²) >= 11 is 0. The molecule has 2 atom stereocenters. The molecule has 49 heavy (non-hydrogen) atoms. The summed E-state index contributed by atoms with van der Waals surface area (Å²) in [5, 5.41) is 0. The minimum absolute atomic E-state index is 0.417. The van der Waals surface area contributed by atoms with Crippen molar-refractivity contribution in [3.63, 3.8) is 0 Å². The third-order valence-electron chi connectivity index (χ3n) is 10.5. The Morgan fingerprint density at radius 2 is 0.612 bits per heavy atom. The Balaban J connectivity index is 1.35. The number of nitrogens with two attached hydrogens (primary N) is 2. The van der Waals surface area contributed by atoms with Crippen molar-refractivity contribution in [1.82, 2.24) is 0 Å². The summed E-state index contributed by atoms with van der Waals surface area (Å²) in [4.78, 5) is 0. The van der Waals surface area contributed by atoms with E-state index in [1.165, 1.54) is 149 Å². The molecule has 0 aliphatic rings. The zero-order valence-electron chi connectivity index (χ0n) is 31.0. The molecular weight excluding hydrogens is 593 g/mol. The van der Waals surface area contributed by atoms with Crippen molar-refractivity contribution in [3.05, 3.63) is 130 Å². The van der Waals surface area contributed by atoms with Gasteiger partial charge in [0.25, 0.3) is 0 Å². The molecule has 0 fully saturated rings. The van der Waals surface area contributed by atoms with Crippen LogP contribution in [0.3, 0.4) is 0 Å². The summed E-state index contributed by atoms with van der Waals surface area (Å²) in [5.74, 6) is 0.834. The van der Waals surface area contributed by atoms with Crippen LogP contribution in [0.5, 0.6) is 0 Å². The molecule has 4 N–H and O–H groups in total. The summed E-state index contributed by atoms with van der Waals surface area (Å²) in [6, 6.07) is 36.0. The van der Waals surface area contributed by atoms with Crippen molar-refractivity contribution in [1.29, 1.82) is 0 Å². The number of hydrogen-bond acceptors (Lipinski definition) is 2. The molecule has 2 nitrogen and oxygen atoms in total. The van der Waals surface area contributed by atoms with Gasteiger partial charge in [0.1, 0.15) is 0 Å². The highest BCUT2D eigenvalue weighted by Crippen LogP contribution is 2.33. The van der Waals surface area contributed by atoms with E-state index in [2.05, 4.69) is 111 Å². The van der Waals surface area contributed by atoms with E-state index < -0.39 is 0 Å². The van der Waals surface area contributed by atoms with Gasteiger partial charge in [0, 0.05) is 23.2 Å². The minimum Gasteiger partial charge on any atom is -0.399 e. The van der Waals surface area contributed by atoms with Crippen LogP contribution < -0.4 is 11.5 Å². The molecule has 0 aromatic heterocycles. The smallest absolute Gasteiger partial charge is 0.0314 e. The van der Waals surface area contributed by atoms with E-state index in [0.29, 0.717) is 11.8 Å². The molecule has 0 aliphatic carbocycles. The Hall–Kier alpha value is -3.52. The first-order valence-electron chi connectivity index (χ1n) is 20.0. The summed E-state index contributed by atoms with van der Waals surface area (Å²) in [6.45, 7) is 4.58. The van der Waals surface area contributed by atoms with Crippen molar-refractivity contribution >= 4 is 11.4 Å². The third kappa shape index (κ3) is 13.7. The maximum Gasteiger partial charge on any atom is 0.0314 e. The molecule has 264 valence electrons. The second-order valence-electron chi connectivity index (χ2n) is 14.6. The lowest BCUT2D eigenvalue weighted by molar-refractivity contribution is 0.551. The Labute approximate surface area is 300 Å². The molecule has 0 amide bonds. The first-order chi connectivity index (χ1) is 24.1. The number of benzene rings is 4. The van der Waals surface area contributed by atoms with Crippen LogP contribution in [0.1, 0.15) is 175 Å². The average Bonchev–Trinajstić information content (AvgIpc) is 3.12. The van der Waals surface area contributed by atoms with Crippen molar-refractivity contribution < 1.29 is 0 Å². The molecule has 0 aliphatic heterocycles. The molecule has 4 aromatic rings. The fourth-order valence-electron chi connectivity index (χ4n) is 7.44. The fraction of sp³-hybridized carbons (Fsp3) is 0.489. The van der Waals surface area contributed by atoms with Crippen LogP contribution in [0.15, 0.2) is 97.1 Å². The maximum absolute atomic E-state index is 6.05. The second kappa shape index (κ2) is 22.2. The van der Waals surface area contributed by atoms with E-state index >= 15 is 0 Å². The van der Waals surface area contributed by atoms with Gasteiger partial charge < -0.3 is 11.5 Å². The van der Waals surface area contributed by atoms with Crippen LogP contribution in [0, 0.1) is 0 Å². The topological polar surface area (TPSA) is 52.0 Å². The van der Waals surface area contributed by atoms with Crippen molar-refractivity contribution in [3.8, 4) is 0 Å². The summed E-state index contributed by atoms with van der Waals surface area (Å²) in [7, 11) is 0. The summed E-state index contributed by atoms with van der Waals surface area (Å²) < 4.78 is 0. The van der Waals surface area contributed by atoms with Crippen molar-refractivity contribution in [2.75, 3.05) is 11.5 Å². The zero-order valence-corrected chi connectivity index (χ0v) is 31.0. The van der Waals surface area contributed by atoms with E-state index in [-0.39, 0.29) is 0 Å². The quantitative estimate of drug-likeness (QED) is 0.0581. The van der Waals surface area contributed by atoms with Gasteiger partial charge >= 0.3 is 0 Å². The van der Waals surface area contributed by atoms with Gasteiger partial charge in [-0.1, -0.05) is 189 Å². The van der Waals surface area contributed by atoms with Gasteiger partial charge in [0.15, 0.2) is 0 Å². The molecule has 2 unspecified atom stereocenters. The molecule has 0 radical (unpaired) electrons. The number of anilines is 2. The summed E-state index contributed by atoms with van der Waals surface area (Å²) in [6.07, 6.45) is 25.0. The number of hydrogen-bond donors (Lipinski definition) is 2. The monoisotopic (exact) mass is 659 g/mol. The zero-order chi connectivity index (χ0) is 34.5. The minimum atomic E-state index is 0.417. The van der Waals surface area contributed by atoms with Crippen LogP contribution in [0.4, 0.5) is 11.4 Å². The molecule has 0 saturated carbocycles. The maximum atomic E-state index is 6.05. The van der Waals surface area contributed by atoms with Gasteiger partial charge in [-0.15, -0.1) is 0 Å². The number of nitrogen functional groups attached to an aromatic ring is 2. The predicted octanol–water partition coefficient (Wildman–Crippen LogP) is 13.8. The number of unbranched alkanes of at least 4 members (excludes halogenated alkanes) is 14. The van der Waals surface area contributed by atoms with Crippen LogP contribution in [0.25, 0.3) is 0 Å². The van der Waals surface area contributed by atoms with Gasteiger partial charge in [0.05, 0.1) is 0 Å². The first kappa shape index (κ1) is 38.3. The van der Waals surface area contributed by atoms with E-state index in [4.69, 9.17) is 11.5 Å². The molecule has 0 spiro atoms. The van der Waals surface area contributed by atoms with Crippen LogP contribution in [-0.2, 0) is 6.42 Å². The van der Waals surface area contributed by atoms with Gasteiger partial charge in [-0.3, -0.25) is 0 Å². The molecule has 4 rings (SSSR count). The Kier molecular flexibility index (Phi) is 17.4. The Morgan fingerprint density at radius 1 is 0.347 bits per heavy atom. The van der Waals surface area contributed by atoms with Crippen LogP contribution >= 0.6 is 0 Å². The molecule has 4 aromatic carbocycles. The Bertz CT molecular complexity index is 1290. The fourth-order valence-corrected chi connectivity index (χ4v) is 7.44. The normalized spacial score (nSPS) is 12.6. The van der Waals surface area contributed by atoms with Crippen LogP contribution in [0.2, 0.25) is 0 Å². The lowest BCUT2D eigenvalue weighted by atomic mass is 9.85. The third-order valence-corrected chi connectivity index (χ3v) is 10.5. The highest BCUT2D eigenvalue weighted by atomic mass is 14.5. The summed E-state index contributed by atoms with van der Waals surface area (Å²) in [5.41, 5.74) is 22.1. The molecule has 0 bridgehead atoms. The second-order valence-corrected chi connectivity index (χ2v) is 14.6. The highest BCUT2D eigenvalue weighted by Gasteiger charge is 2.16. The van der Waals surface area contributed by atoms with Gasteiger partial charge in [0.2, 0.25) is 0 Å². The lowest BCUT2D eigenvalue weighted by Crippen LogP contribution is -2.03. The van der Waals surface area contributed by atoms with E-state index in [9.17, 15) is 0 Å². The largest absolute Gasteiger partial charge is 0.399 e. The van der Waals surface area contributed by atoms with Crippen molar-refractivity contribution in [2.24, 2.45) is 0 Å². The first-order valence-corrected chi connectivity index (χ1v) is 20.0. The average molecular weight is 659 g/mol. The lowest BCUT2D eigenvalue weighted by Gasteiger charge is -2.20. The molecule has 0 saturated heterocycles. The van der Waals surface area contributed by atoms with E-state index in [1.54, 1.807) is 0 Å². The molecular formula is C47H66N2. The van der Waals surface area contributed by atoms with E-state index in [1.807, 2.05) is 0 Å². The highest BCUT2D eigenvalue weighted by molar-refractivity contribution is 5.45. The molecule has 2 heteroatoms. The van der Waals surface area contributed by atoms with Crippen molar-refractivity contribution in [2.45, 2.75) is 148 Å². The SMILES string of the molecule is CCCCCCCCCCC(c1ccc(N)cc1)c1ccc(Cc2ccc(C(CCCCCCCCCC)c3ccc(N)cc3)cc2)cc1. The standard InChI is InChI=1S/C47H66N2/c1-3-5-7-9-11-13-15-17-19-46(42-29-33-44(48)34-30-42)40-25-21-38(22-26-40)37-39-23-27-41(28-24-39)47(43-31-35-45(49)36-32-43)20-18-16-14-12-10-8-6-4-2/h21-36,46-47H,3-20,37,48-49H2,1-2H3. The predicted molar refractivity (Wildman–Crippen MR) is 216 cm³/mol.